The Morgan fingerprint density at radius 2 is 2.09 bits per heavy atom. The lowest BCUT2D eigenvalue weighted by Gasteiger charge is -2.37. The van der Waals surface area contributed by atoms with Crippen LogP contribution < -0.4 is 5.32 Å². The van der Waals surface area contributed by atoms with Crippen LogP contribution in [0.15, 0.2) is 12.4 Å². The van der Waals surface area contributed by atoms with Crippen LogP contribution in [-0.4, -0.2) is 59.4 Å². The van der Waals surface area contributed by atoms with Crippen molar-refractivity contribution in [1.29, 1.82) is 0 Å². The number of hydrogen-bond acceptors (Lipinski definition) is 4. The molecule has 2 aliphatic rings. The van der Waals surface area contributed by atoms with E-state index in [-0.39, 0.29) is 42.9 Å². The number of hydrogen-bond donors (Lipinski definition) is 2. The van der Waals surface area contributed by atoms with Crippen LogP contribution in [0.1, 0.15) is 31.2 Å². The molecule has 0 bridgehead atoms. The SMILES string of the molecule is C[C@H]1OCCN[C@@H]1C(=O)N1CCC(c2cn[nH]c2)CC1.Cl.Cl. The van der Waals surface area contributed by atoms with E-state index in [0.717, 1.165) is 32.5 Å². The highest BCUT2D eigenvalue weighted by Crippen LogP contribution is 2.27. The van der Waals surface area contributed by atoms with Crippen LogP contribution in [0, 0.1) is 0 Å². The van der Waals surface area contributed by atoms with E-state index in [1.165, 1.54) is 5.56 Å². The standard InChI is InChI=1S/C14H22N4O2.2ClH/c1-10-13(15-4-7-20-10)14(19)18-5-2-11(3-6-18)12-8-16-17-9-12;;/h8-11,13,15H,2-7H2,1H3,(H,16,17);2*1H/t10-,13+;;/m1../s1. The first-order valence-electron chi connectivity index (χ1n) is 7.38. The van der Waals surface area contributed by atoms with Crippen molar-refractivity contribution in [2.24, 2.45) is 0 Å². The van der Waals surface area contributed by atoms with Crippen molar-refractivity contribution < 1.29 is 9.53 Å². The monoisotopic (exact) mass is 350 g/mol. The number of carbonyl (C=O) groups is 1. The Morgan fingerprint density at radius 3 is 2.68 bits per heavy atom. The second-order valence-electron chi connectivity index (χ2n) is 5.64. The van der Waals surface area contributed by atoms with Gasteiger partial charge in [-0.1, -0.05) is 0 Å². The van der Waals surface area contributed by atoms with Crippen LogP contribution in [0.5, 0.6) is 0 Å². The maximum Gasteiger partial charge on any atom is 0.242 e. The third-order valence-electron chi connectivity index (χ3n) is 4.38. The molecule has 2 aliphatic heterocycles. The summed E-state index contributed by atoms with van der Waals surface area (Å²) < 4.78 is 5.56. The quantitative estimate of drug-likeness (QED) is 0.844. The maximum atomic E-state index is 12.5. The Balaban J connectivity index is 0.00000121. The summed E-state index contributed by atoms with van der Waals surface area (Å²) in [4.78, 5) is 14.5. The molecule has 1 aromatic heterocycles. The van der Waals surface area contributed by atoms with Crippen molar-refractivity contribution in [2.45, 2.75) is 37.8 Å². The molecule has 1 aromatic rings. The highest BCUT2D eigenvalue weighted by Gasteiger charge is 2.33. The Bertz CT molecular complexity index is 450. The summed E-state index contributed by atoms with van der Waals surface area (Å²) >= 11 is 0. The fourth-order valence-corrected chi connectivity index (χ4v) is 3.12. The van der Waals surface area contributed by atoms with Gasteiger partial charge in [0.25, 0.3) is 0 Å². The zero-order chi connectivity index (χ0) is 13.9. The second-order valence-corrected chi connectivity index (χ2v) is 5.64. The van der Waals surface area contributed by atoms with Crippen LogP contribution in [-0.2, 0) is 9.53 Å². The number of amides is 1. The lowest BCUT2D eigenvalue weighted by atomic mass is 9.91. The average Bonchev–Trinajstić information content (AvgIpc) is 3.01. The minimum absolute atomic E-state index is 0. The summed E-state index contributed by atoms with van der Waals surface area (Å²) in [5.74, 6) is 0.702. The van der Waals surface area contributed by atoms with E-state index in [4.69, 9.17) is 4.74 Å². The smallest absolute Gasteiger partial charge is 0.242 e. The zero-order valence-corrected chi connectivity index (χ0v) is 14.3. The van der Waals surface area contributed by atoms with Gasteiger partial charge in [0.1, 0.15) is 6.04 Å². The molecule has 2 N–H and O–H groups in total. The topological polar surface area (TPSA) is 70.2 Å². The van der Waals surface area contributed by atoms with Crippen molar-refractivity contribution in [2.75, 3.05) is 26.2 Å². The third kappa shape index (κ3) is 4.13. The van der Waals surface area contributed by atoms with Crippen molar-refractivity contribution in [3.05, 3.63) is 18.0 Å². The van der Waals surface area contributed by atoms with E-state index in [0.29, 0.717) is 12.5 Å². The van der Waals surface area contributed by atoms with Crippen molar-refractivity contribution >= 4 is 30.7 Å². The number of aromatic amines is 1. The molecule has 6 nitrogen and oxygen atoms in total. The minimum Gasteiger partial charge on any atom is -0.375 e. The first-order chi connectivity index (χ1) is 9.75. The number of carbonyl (C=O) groups excluding carboxylic acids is 1. The molecular weight excluding hydrogens is 327 g/mol. The number of ether oxygens (including phenoxy) is 1. The van der Waals surface area contributed by atoms with Crippen molar-refractivity contribution in [1.82, 2.24) is 20.4 Å². The van der Waals surface area contributed by atoms with Gasteiger partial charge in [0.2, 0.25) is 5.91 Å². The van der Waals surface area contributed by atoms with Gasteiger partial charge < -0.3 is 15.0 Å². The van der Waals surface area contributed by atoms with Gasteiger partial charge in [0.05, 0.1) is 18.9 Å². The van der Waals surface area contributed by atoms with E-state index in [9.17, 15) is 4.79 Å². The van der Waals surface area contributed by atoms with Gasteiger partial charge in [0, 0.05) is 25.8 Å². The predicted molar refractivity (Wildman–Crippen MR) is 88.8 cm³/mol. The van der Waals surface area contributed by atoms with E-state index in [2.05, 4.69) is 15.5 Å². The Hall–Kier alpha value is -0.820. The zero-order valence-electron chi connectivity index (χ0n) is 12.7. The summed E-state index contributed by atoms with van der Waals surface area (Å²) in [7, 11) is 0. The first-order valence-corrected chi connectivity index (χ1v) is 7.38. The van der Waals surface area contributed by atoms with Crippen LogP contribution in [0.25, 0.3) is 0 Å². The summed E-state index contributed by atoms with van der Waals surface area (Å²) in [6.07, 6.45) is 5.82. The van der Waals surface area contributed by atoms with Crippen molar-refractivity contribution in [3.8, 4) is 0 Å². The molecule has 0 aliphatic carbocycles. The Morgan fingerprint density at radius 1 is 1.36 bits per heavy atom. The maximum absolute atomic E-state index is 12.5. The normalized spacial score (nSPS) is 26.0. The fraction of sp³-hybridized carbons (Fsp3) is 0.714. The van der Waals surface area contributed by atoms with Gasteiger partial charge in [0.15, 0.2) is 0 Å². The molecule has 126 valence electrons. The third-order valence-corrected chi connectivity index (χ3v) is 4.38. The van der Waals surface area contributed by atoms with Gasteiger partial charge in [-0.25, -0.2) is 0 Å². The fourth-order valence-electron chi connectivity index (χ4n) is 3.12. The average molecular weight is 351 g/mol. The molecule has 2 atom stereocenters. The summed E-state index contributed by atoms with van der Waals surface area (Å²) in [5.41, 5.74) is 1.25. The number of likely N-dealkylation sites (tertiary alicyclic amines) is 1. The van der Waals surface area contributed by atoms with E-state index < -0.39 is 0 Å². The molecule has 0 spiro atoms. The van der Waals surface area contributed by atoms with Gasteiger partial charge >= 0.3 is 0 Å². The number of H-pyrrole nitrogens is 1. The van der Waals surface area contributed by atoms with Gasteiger partial charge in [-0.3, -0.25) is 9.89 Å². The van der Waals surface area contributed by atoms with Crippen LogP contribution in [0.3, 0.4) is 0 Å². The molecule has 8 heteroatoms. The van der Waals surface area contributed by atoms with Crippen LogP contribution in [0.2, 0.25) is 0 Å². The molecule has 3 rings (SSSR count). The number of nitrogens with one attached hydrogen (secondary N) is 2. The molecule has 3 heterocycles. The number of piperidine rings is 1. The number of morpholine rings is 1. The Kier molecular flexibility index (Phi) is 7.62. The van der Waals surface area contributed by atoms with E-state index in [1.807, 2.05) is 24.2 Å². The van der Waals surface area contributed by atoms with Crippen LogP contribution in [0.4, 0.5) is 0 Å². The number of aromatic nitrogens is 2. The molecule has 0 saturated carbocycles. The minimum atomic E-state index is -0.186. The summed E-state index contributed by atoms with van der Waals surface area (Å²) in [6, 6.07) is -0.186. The lowest BCUT2D eigenvalue weighted by Crippen LogP contribution is -2.57. The van der Waals surface area contributed by atoms with E-state index in [1.54, 1.807) is 0 Å². The summed E-state index contributed by atoms with van der Waals surface area (Å²) in [6.45, 7) is 5.05. The van der Waals surface area contributed by atoms with Crippen LogP contribution >= 0.6 is 24.8 Å². The van der Waals surface area contributed by atoms with Crippen molar-refractivity contribution in [3.63, 3.8) is 0 Å². The molecule has 0 unspecified atom stereocenters. The molecule has 2 fully saturated rings. The van der Waals surface area contributed by atoms with Gasteiger partial charge in [-0.2, -0.15) is 5.10 Å². The van der Waals surface area contributed by atoms with Gasteiger partial charge in [-0.15, -0.1) is 24.8 Å². The molecule has 1 amide bonds. The molecule has 0 radical (unpaired) electrons. The predicted octanol–water partition coefficient (Wildman–Crippen LogP) is 1.34. The number of halogens is 2. The Labute approximate surface area is 143 Å². The highest BCUT2D eigenvalue weighted by atomic mass is 35.5. The first kappa shape index (κ1) is 19.2. The number of nitrogens with zero attached hydrogens (tertiary/aromatic N) is 2. The van der Waals surface area contributed by atoms with E-state index >= 15 is 0 Å². The molecular formula is C14H24Cl2N4O2. The largest absolute Gasteiger partial charge is 0.375 e. The highest BCUT2D eigenvalue weighted by molar-refractivity contribution is 5.85. The lowest BCUT2D eigenvalue weighted by molar-refractivity contribution is -0.140. The summed E-state index contributed by atoms with van der Waals surface area (Å²) in [5, 5.41) is 10.1. The molecule has 0 aromatic carbocycles. The molecule has 2 saturated heterocycles. The molecule has 22 heavy (non-hydrogen) atoms. The number of rotatable bonds is 2. The second kappa shape index (κ2) is 8.72. The van der Waals surface area contributed by atoms with Gasteiger partial charge in [-0.05, 0) is 31.2 Å².